The molecule has 0 bridgehead atoms. The third-order valence-corrected chi connectivity index (χ3v) is 6.73. The van der Waals surface area contributed by atoms with Crippen LogP contribution < -0.4 is 10.6 Å². The molecule has 4 heteroatoms. The van der Waals surface area contributed by atoms with Crippen molar-refractivity contribution in [3.63, 3.8) is 0 Å². The molecular weight excluding hydrogens is 220 g/mol. The van der Waals surface area contributed by atoms with Crippen molar-refractivity contribution in [3.8, 4) is 0 Å². The van der Waals surface area contributed by atoms with Crippen molar-refractivity contribution >= 4 is 10.3 Å². The van der Waals surface area contributed by atoms with Crippen LogP contribution in [0.2, 0.25) is 0 Å². The van der Waals surface area contributed by atoms with Gasteiger partial charge >= 0.3 is 0 Å². The molecular formula is C12H30N2OS. The lowest BCUT2D eigenvalue weighted by molar-refractivity contribution is 0.265. The maximum Gasteiger partial charge on any atom is 0.0644 e. The van der Waals surface area contributed by atoms with E-state index in [-0.39, 0.29) is 4.75 Å². The normalized spacial score (nSPS) is 14.5. The van der Waals surface area contributed by atoms with Crippen molar-refractivity contribution in [3.05, 3.63) is 0 Å². The highest BCUT2D eigenvalue weighted by atomic mass is 32.3. The van der Waals surface area contributed by atoms with Crippen LogP contribution in [-0.4, -0.2) is 51.1 Å². The minimum absolute atomic E-state index is 0.247. The maximum absolute atomic E-state index is 6.16. The van der Waals surface area contributed by atoms with E-state index in [1.807, 2.05) is 14.1 Å². The molecule has 0 spiro atoms. The SMILES string of the molecule is CNCC(CNC)COS(C)(C)C(C)(C)C. The molecule has 0 aliphatic heterocycles. The quantitative estimate of drug-likeness (QED) is 0.723. The van der Waals surface area contributed by atoms with Gasteiger partial charge in [-0.2, -0.15) is 0 Å². The summed E-state index contributed by atoms with van der Waals surface area (Å²) in [6, 6.07) is 0. The van der Waals surface area contributed by atoms with Crippen LogP contribution in [0.25, 0.3) is 0 Å². The third kappa shape index (κ3) is 5.53. The van der Waals surface area contributed by atoms with Crippen LogP contribution in [0.5, 0.6) is 0 Å². The van der Waals surface area contributed by atoms with Gasteiger partial charge in [0.25, 0.3) is 0 Å². The third-order valence-electron chi connectivity index (χ3n) is 3.06. The van der Waals surface area contributed by atoms with Gasteiger partial charge in [0.2, 0.25) is 0 Å². The molecule has 0 aliphatic rings. The predicted octanol–water partition coefficient (Wildman–Crippen LogP) is 1.84. The Morgan fingerprint density at radius 1 is 1.06 bits per heavy atom. The van der Waals surface area contributed by atoms with E-state index in [1.54, 1.807) is 0 Å². The van der Waals surface area contributed by atoms with E-state index in [2.05, 4.69) is 43.9 Å². The summed E-state index contributed by atoms with van der Waals surface area (Å²) >= 11 is 0. The zero-order valence-electron chi connectivity index (χ0n) is 12.0. The van der Waals surface area contributed by atoms with Crippen LogP contribution >= 0.6 is 10.3 Å². The fourth-order valence-corrected chi connectivity index (χ4v) is 2.10. The second-order valence-electron chi connectivity index (χ2n) is 5.61. The molecule has 0 unspecified atom stereocenters. The fourth-order valence-electron chi connectivity index (χ4n) is 1.21. The summed E-state index contributed by atoms with van der Waals surface area (Å²) in [5.74, 6) is 0.545. The Balaban J connectivity index is 4.18. The number of rotatable bonds is 7. The lowest BCUT2D eigenvalue weighted by atomic mass is 10.1. The van der Waals surface area contributed by atoms with Crippen molar-refractivity contribution in [2.45, 2.75) is 25.5 Å². The van der Waals surface area contributed by atoms with Crippen LogP contribution in [0.3, 0.4) is 0 Å². The molecule has 2 N–H and O–H groups in total. The summed E-state index contributed by atoms with van der Waals surface area (Å²) < 4.78 is 6.41. The van der Waals surface area contributed by atoms with Crippen LogP contribution in [0.4, 0.5) is 0 Å². The number of hydrogen-bond donors (Lipinski definition) is 2. The molecule has 0 aliphatic carbocycles. The van der Waals surface area contributed by atoms with Gasteiger partial charge in [0, 0.05) is 23.8 Å². The van der Waals surface area contributed by atoms with Crippen molar-refractivity contribution in [2.24, 2.45) is 5.92 Å². The molecule has 100 valence electrons. The topological polar surface area (TPSA) is 33.3 Å². The summed E-state index contributed by atoms with van der Waals surface area (Å²) in [6.07, 6.45) is 4.51. The largest absolute Gasteiger partial charge is 0.336 e. The van der Waals surface area contributed by atoms with E-state index in [0.717, 1.165) is 19.7 Å². The van der Waals surface area contributed by atoms with Crippen molar-refractivity contribution < 1.29 is 4.18 Å². The van der Waals surface area contributed by atoms with E-state index < -0.39 is 10.3 Å². The molecule has 0 radical (unpaired) electrons. The first kappa shape index (κ1) is 16.2. The molecule has 0 saturated heterocycles. The van der Waals surface area contributed by atoms with E-state index >= 15 is 0 Å². The Hall–Kier alpha value is 0.230. The Morgan fingerprint density at radius 2 is 1.50 bits per heavy atom. The van der Waals surface area contributed by atoms with E-state index in [0.29, 0.717) is 5.92 Å². The molecule has 0 heterocycles. The smallest absolute Gasteiger partial charge is 0.0644 e. The van der Waals surface area contributed by atoms with Gasteiger partial charge in [-0.3, -0.25) is 0 Å². The van der Waals surface area contributed by atoms with Crippen molar-refractivity contribution in [2.75, 3.05) is 46.3 Å². The molecule has 0 aromatic heterocycles. The minimum Gasteiger partial charge on any atom is -0.336 e. The van der Waals surface area contributed by atoms with E-state index in [1.165, 1.54) is 0 Å². The number of hydrogen-bond acceptors (Lipinski definition) is 3. The van der Waals surface area contributed by atoms with Crippen molar-refractivity contribution in [1.29, 1.82) is 0 Å². The highest BCUT2D eigenvalue weighted by Gasteiger charge is 2.29. The van der Waals surface area contributed by atoms with Gasteiger partial charge in [-0.25, -0.2) is 0 Å². The molecule has 0 atom stereocenters. The first-order chi connectivity index (χ1) is 7.24. The Morgan fingerprint density at radius 3 is 1.81 bits per heavy atom. The van der Waals surface area contributed by atoms with Crippen LogP contribution in [-0.2, 0) is 4.18 Å². The highest BCUT2D eigenvalue weighted by Crippen LogP contribution is 2.53. The summed E-state index contributed by atoms with van der Waals surface area (Å²) in [4.78, 5) is 0. The van der Waals surface area contributed by atoms with Crippen LogP contribution in [0.15, 0.2) is 0 Å². The zero-order valence-corrected chi connectivity index (χ0v) is 12.8. The maximum atomic E-state index is 6.16. The molecule has 16 heavy (non-hydrogen) atoms. The monoisotopic (exact) mass is 250 g/mol. The second-order valence-corrected chi connectivity index (χ2v) is 9.54. The van der Waals surface area contributed by atoms with E-state index in [4.69, 9.17) is 4.18 Å². The molecule has 0 aromatic rings. The van der Waals surface area contributed by atoms with Gasteiger partial charge in [-0.1, -0.05) is 20.8 Å². The Kier molecular flexibility index (Phi) is 6.94. The average molecular weight is 250 g/mol. The van der Waals surface area contributed by atoms with Gasteiger partial charge < -0.3 is 14.8 Å². The Bertz CT molecular complexity index is 184. The van der Waals surface area contributed by atoms with Crippen molar-refractivity contribution in [1.82, 2.24) is 10.6 Å². The van der Waals surface area contributed by atoms with Crippen LogP contribution in [0, 0.1) is 5.92 Å². The van der Waals surface area contributed by atoms with Gasteiger partial charge in [0.1, 0.15) is 0 Å². The highest BCUT2D eigenvalue weighted by molar-refractivity contribution is 8.29. The standard InChI is InChI=1S/C12H30N2OS/c1-12(2,3)16(6,7)15-10-11(8-13-4)9-14-5/h11,13-14H,8-10H2,1-7H3. The average Bonchev–Trinajstić information content (AvgIpc) is 2.13. The predicted molar refractivity (Wildman–Crippen MR) is 76.5 cm³/mol. The molecule has 0 amide bonds. The molecule has 3 nitrogen and oxygen atoms in total. The summed E-state index contributed by atoms with van der Waals surface area (Å²) in [7, 11) is 3.00. The first-order valence-corrected chi connectivity index (χ1v) is 8.28. The van der Waals surface area contributed by atoms with Gasteiger partial charge in [0.05, 0.1) is 6.61 Å². The first-order valence-electron chi connectivity index (χ1n) is 5.91. The second kappa shape index (κ2) is 6.84. The number of nitrogens with one attached hydrogen (secondary N) is 2. The molecule has 0 saturated carbocycles. The van der Waals surface area contributed by atoms with Gasteiger partial charge in [0.15, 0.2) is 0 Å². The molecule has 0 fully saturated rings. The summed E-state index contributed by atoms with van der Waals surface area (Å²) in [5, 5.41) is 6.43. The lowest BCUT2D eigenvalue weighted by Crippen LogP contribution is -2.33. The molecule has 0 rings (SSSR count). The van der Waals surface area contributed by atoms with Crippen LogP contribution in [0.1, 0.15) is 20.8 Å². The van der Waals surface area contributed by atoms with E-state index in [9.17, 15) is 0 Å². The summed E-state index contributed by atoms with van der Waals surface area (Å²) in [6.45, 7) is 9.61. The Labute approximate surface area is 103 Å². The summed E-state index contributed by atoms with van der Waals surface area (Å²) in [5.41, 5.74) is 0. The lowest BCUT2D eigenvalue weighted by Gasteiger charge is -2.44. The fraction of sp³-hybridized carbons (Fsp3) is 1.00. The van der Waals surface area contributed by atoms with Gasteiger partial charge in [-0.05, 0) is 26.6 Å². The minimum atomic E-state index is -0.985. The molecule has 0 aromatic carbocycles. The van der Waals surface area contributed by atoms with Gasteiger partial charge in [-0.15, -0.1) is 10.3 Å². The zero-order chi connectivity index (χ0) is 12.8.